The van der Waals surface area contributed by atoms with Crippen molar-refractivity contribution in [2.75, 3.05) is 0 Å². The van der Waals surface area contributed by atoms with E-state index in [1.165, 1.54) is 6.07 Å². The van der Waals surface area contributed by atoms with Gasteiger partial charge in [-0.2, -0.15) is 13.2 Å². The minimum absolute atomic E-state index is 0.301. The van der Waals surface area contributed by atoms with E-state index in [4.69, 9.17) is 0 Å². The van der Waals surface area contributed by atoms with E-state index >= 15 is 0 Å². The van der Waals surface area contributed by atoms with Gasteiger partial charge in [-0.1, -0.05) is 24.3 Å². The van der Waals surface area contributed by atoms with Crippen LogP contribution in [0.3, 0.4) is 0 Å². The Hall–Kier alpha value is -2.37. The van der Waals surface area contributed by atoms with Crippen molar-refractivity contribution in [3.05, 3.63) is 65.6 Å². The second kappa shape index (κ2) is 4.63. The van der Waals surface area contributed by atoms with Crippen LogP contribution < -0.4 is 0 Å². The summed E-state index contributed by atoms with van der Waals surface area (Å²) in [5.41, 5.74) is 0.580. The van der Waals surface area contributed by atoms with Crippen LogP contribution in [0.25, 0.3) is 5.65 Å². The molecule has 0 N–H and O–H groups in total. The molecule has 0 aliphatic heterocycles. The summed E-state index contributed by atoms with van der Waals surface area (Å²) in [6.07, 6.45) is -2.24. The number of alkyl halides is 3. The molecule has 2 aromatic heterocycles. The minimum atomic E-state index is -4.33. The van der Waals surface area contributed by atoms with E-state index in [0.29, 0.717) is 23.5 Å². The Morgan fingerprint density at radius 1 is 1.00 bits per heavy atom. The van der Waals surface area contributed by atoms with E-state index in [1.807, 2.05) is 12.1 Å². The smallest absolute Gasteiger partial charge is 0.286 e. The number of aromatic nitrogens is 3. The molecular formula is C14H10F3N3. The van der Waals surface area contributed by atoms with E-state index in [2.05, 4.69) is 10.2 Å². The van der Waals surface area contributed by atoms with Gasteiger partial charge in [0.2, 0.25) is 0 Å². The molecule has 0 spiro atoms. The number of halogens is 3. The van der Waals surface area contributed by atoms with Crippen molar-refractivity contribution in [1.82, 2.24) is 14.6 Å². The topological polar surface area (TPSA) is 30.2 Å². The highest BCUT2D eigenvalue weighted by Gasteiger charge is 2.30. The van der Waals surface area contributed by atoms with Gasteiger partial charge < -0.3 is 0 Å². The predicted molar refractivity (Wildman–Crippen MR) is 67.2 cm³/mol. The lowest BCUT2D eigenvalue weighted by Gasteiger charge is -2.08. The molecule has 0 fully saturated rings. The number of fused-ring (bicyclic) bond motifs is 1. The molecule has 1 aromatic carbocycles. The van der Waals surface area contributed by atoms with Crippen molar-refractivity contribution in [2.45, 2.75) is 12.6 Å². The van der Waals surface area contributed by atoms with E-state index in [0.717, 1.165) is 12.1 Å². The summed E-state index contributed by atoms with van der Waals surface area (Å²) in [6, 6.07) is 10.7. The van der Waals surface area contributed by atoms with Crippen LogP contribution in [0.15, 0.2) is 48.7 Å². The highest BCUT2D eigenvalue weighted by atomic mass is 19.4. The molecule has 3 rings (SSSR count). The third-order valence-corrected chi connectivity index (χ3v) is 3.00. The second-order valence-corrected chi connectivity index (χ2v) is 4.42. The lowest BCUT2D eigenvalue weighted by molar-refractivity contribution is -0.137. The van der Waals surface area contributed by atoms with Gasteiger partial charge in [0.25, 0.3) is 0 Å². The van der Waals surface area contributed by atoms with Crippen molar-refractivity contribution >= 4 is 5.65 Å². The Kier molecular flexibility index (Phi) is 2.93. The van der Waals surface area contributed by atoms with Crippen molar-refractivity contribution in [2.24, 2.45) is 0 Å². The molecule has 0 unspecified atom stereocenters. The maximum absolute atomic E-state index is 12.7. The summed E-state index contributed by atoms with van der Waals surface area (Å²) in [6.45, 7) is 0. The first-order valence-corrected chi connectivity index (χ1v) is 5.99. The van der Waals surface area contributed by atoms with Crippen LogP contribution in [0.1, 0.15) is 17.0 Å². The van der Waals surface area contributed by atoms with Crippen LogP contribution in [0.2, 0.25) is 0 Å². The van der Waals surface area contributed by atoms with Crippen molar-refractivity contribution in [3.63, 3.8) is 0 Å². The molecule has 0 atom stereocenters. The molecule has 0 amide bonds. The van der Waals surface area contributed by atoms with Gasteiger partial charge in [-0.3, -0.25) is 4.40 Å². The second-order valence-electron chi connectivity index (χ2n) is 4.42. The summed E-state index contributed by atoms with van der Waals surface area (Å²) in [5, 5.41) is 7.99. The minimum Gasteiger partial charge on any atom is -0.286 e. The predicted octanol–water partition coefficient (Wildman–Crippen LogP) is 3.34. The van der Waals surface area contributed by atoms with Gasteiger partial charge >= 0.3 is 6.18 Å². The quantitative estimate of drug-likeness (QED) is 0.719. The van der Waals surface area contributed by atoms with Gasteiger partial charge in [0.05, 0.1) is 5.56 Å². The van der Waals surface area contributed by atoms with Gasteiger partial charge in [0.15, 0.2) is 5.65 Å². The van der Waals surface area contributed by atoms with E-state index in [9.17, 15) is 13.2 Å². The Labute approximate surface area is 112 Å². The molecule has 3 nitrogen and oxygen atoms in total. The zero-order valence-electron chi connectivity index (χ0n) is 10.3. The number of pyridine rings is 1. The summed E-state index contributed by atoms with van der Waals surface area (Å²) in [5.74, 6) is 0.611. The number of benzene rings is 1. The monoisotopic (exact) mass is 277 g/mol. The summed E-state index contributed by atoms with van der Waals surface area (Å²) in [7, 11) is 0. The standard InChI is InChI=1S/C14H10F3N3/c15-14(16,17)11-5-3-4-10(8-11)9-13-19-18-12-6-1-2-7-20(12)13/h1-8H,9H2. The fourth-order valence-electron chi connectivity index (χ4n) is 2.05. The molecule has 6 heteroatoms. The fraction of sp³-hybridized carbons (Fsp3) is 0.143. The maximum atomic E-state index is 12.7. The van der Waals surface area contributed by atoms with E-state index < -0.39 is 11.7 Å². The average Bonchev–Trinajstić information content (AvgIpc) is 2.82. The first-order chi connectivity index (χ1) is 9.54. The molecular weight excluding hydrogens is 267 g/mol. The highest BCUT2D eigenvalue weighted by molar-refractivity contribution is 5.38. The van der Waals surface area contributed by atoms with E-state index in [1.54, 1.807) is 22.7 Å². The molecule has 0 aliphatic rings. The Bertz CT molecular complexity index is 747. The fourth-order valence-corrected chi connectivity index (χ4v) is 2.05. The molecule has 0 radical (unpaired) electrons. The van der Waals surface area contributed by atoms with Gasteiger partial charge in [0.1, 0.15) is 5.82 Å². The van der Waals surface area contributed by atoms with Gasteiger partial charge in [-0.25, -0.2) is 0 Å². The van der Waals surface area contributed by atoms with Crippen molar-refractivity contribution in [1.29, 1.82) is 0 Å². The first kappa shape index (κ1) is 12.7. The van der Waals surface area contributed by atoms with Gasteiger partial charge in [0, 0.05) is 12.6 Å². The average molecular weight is 277 g/mol. The Morgan fingerprint density at radius 2 is 1.85 bits per heavy atom. The third-order valence-electron chi connectivity index (χ3n) is 3.00. The lowest BCUT2D eigenvalue weighted by atomic mass is 10.1. The zero-order chi connectivity index (χ0) is 14.2. The third kappa shape index (κ3) is 2.36. The van der Waals surface area contributed by atoms with E-state index in [-0.39, 0.29) is 0 Å². The molecule has 0 saturated heterocycles. The lowest BCUT2D eigenvalue weighted by Crippen LogP contribution is -2.05. The summed E-state index contributed by atoms with van der Waals surface area (Å²) < 4.78 is 39.8. The van der Waals surface area contributed by atoms with Crippen LogP contribution in [-0.4, -0.2) is 14.6 Å². The number of hydrogen-bond donors (Lipinski definition) is 0. The highest BCUT2D eigenvalue weighted by Crippen LogP contribution is 2.29. The van der Waals surface area contributed by atoms with Gasteiger partial charge in [-0.05, 0) is 23.8 Å². The SMILES string of the molecule is FC(F)(F)c1cccc(Cc2nnc3ccccn23)c1. The number of hydrogen-bond acceptors (Lipinski definition) is 2. The Balaban J connectivity index is 1.95. The van der Waals surface area contributed by atoms with Gasteiger partial charge in [-0.15, -0.1) is 10.2 Å². The number of nitrogens with zero attached hydrogens (tertiary/aromatic N) is 3. The Morgan fingerprint density at radius 3 is 2.65 bits per heavy atom. The number of rotatable bonds is 2. The summed E-state index contributed by atoms with van der Waals surface area (Å²) >= 11 is 0. The van der Waals surface area contributed by atoms with Crippen LogP contribution in [-0.2, 0) is 12.6 Å². The normalized spacial score (nSPS) is 11.9. The molecule has 2 heterocycles. The van der Waals surface area contributed by atoms with Crippen molar-refractivity contribution in [3.8, 4) is 0 Å². The van der Waals surface area contributed by atoms with Crippen LogP contribution in [0.5, 0.6) is 0 Å². The van der Waals surface area contributed by atoms with Crippen LogP contribution >= 0.6 is 0 Å². The zero-order valence-corrected chi connectivity index (χ0v) is 10.3. The van der Waals surface area contributed by atoms with Crippen LogP contribution in [0.4, 0.5) is 13.2 Å². The largest absolute Gasteiger partial charge is 0.416 e. The summed E-state index contributed by atoms with van der Waals surface area (Å²) in [4.78, 5) is 0. The van der Waals surface area contributed by atoms with Crippen molar-refractivity contribution < 1.29 is 13.2 Å². The molecule has 20 heavy (non-hydrogen) atoms. The molecule has 102 valence electrons. The maximum Gasteiger partial charge on any atom is 0.416 e. The molecule has 0 bridgehead atoms. The first-order valence-electron chi connectivity index (χ1n) is 5.99. The van der Waals surface area contributed by atoms with Crippen LogP contribution in [0, 0.1) is 0 Å². The molecule has 0 aliphatic carbocycles. The molecule has 0 saturated carbocycles. The molecule has 3 aromatic rings.